The molecule has 1 fully saturated rings. The largest absolute Gasteiger partial charge is 0.488 e. The first-order valence-corrected chi connectivity index (χ1v) is 5.53. The summed E-state index contributed by atoms with van der Waals surface area (Å²) < 4.78 is 18.9. The molecule has 17 heavy (non-hydrogen) atoms. The van der Waals surface area contributed by atoms with Crippen LogP contribution in [0.2, 0.25) is 0 Å². The molecule has 1 saturated carbocycles. The monoisotopic (exact) mass is 239 g/mol. The Hall–Kier alpha value is -1.62. The summed E-state index contributed by atoms with van der Waals surface area (Å²) in [6.45, 7) is 0. The van der Waals surface area contributed by atoms with Crippen LogP contribution in [-0.2, 0) is 0 Å². The van der Waals surface area contributed by atoms with Gasteiger partial charge in [-0.3, -0.25) is 0 Å². The summed E-state index contributed by atoms with van der Waals surface area (Å²) in [6, 6.07) is 3.87. The summed E-state index contributed by atoms with van der Waals surface area (Å²) in [6.07, 6.45) is 2.35. The van der Waals surface area contributed by atoms with E-state index in [0.29, 0.717) is 0 Å². The van der Waals surface area contributed by atoms with Crippen LogP contribution in [0.1, 0.15) is 29.6 Å². The van der Waals surface area contributed by atoms with Crippen LogP contribution in [0.3, 0.4) is 0 Å². The van der Waals surface area contributed by atoms with Crippen LogP contribution >= 0.6 is 0 Å². The highest BCUT2D eigenvalue weighted by Gasteiger charge is 2.27. The van der Waals surface area contributed by atoms with Gasteiger partial charge in [-0.2, -0.15) is 0 Å². The van der Waals surface area contributed by atoms with E-state index in [1.165, 1.54) is 12.1 Å². The maximum absolute atomic E-state index is 13.4. The zero-order valence-corrected chi connectivity index (χ0v) is 9.23. The van der Waals surface area contributed by atoms with E-state index in [-0.39, 0.29) is 17.9 Å². The van der Waals surface area contributed by atoms with Gasteiger partial charge in [0.15, 0.2) is 0 Å². The molecule has 4 nitrogen and oxygen atoms in total. The number of hydrogen-bond acceptors (Lipinski definition) is 3. The minimum absolute atomic E-state index is 0.0554. The van der Waals surface area contributed by atoms with Crippen molar-refractivity contribution in [2.75, 3.05) is 0 Å². The summed E-state index contributed by atoms with van der Waals surface area (Å²) in [5.41, 5.74) is 5.40. The molecule has 2 rings (SSSR count). The molecule has 2 unspecified atom stereocenters. The van der Waals surface area contributed by atoms with Crippen molar-refractivity contribution in [3.63, 3.8) is 0 Å². The molecule has 1 aromatic carbocycles. The Balaban J connectivity index is 2.26. The number of nitrogens with two attached hydrogens (primary N) is 1. The number of carbonyl (C=O) groups is 1. The van der Waals surface area contributed by atoms with Gasteiger partial charge in [0.25, 0.3) is 0 Å². The Bertz CT molecular complexity index is 436. The van der Waals surface area contributed by atoms with Gasteiger partial charge in [-0.15, -0.1) is 0 Å². The zero-order chi connectivity index (χ0) is 12.4. The van der Waals surface area contributed by atoms with E-state index in [9.17, 15) is 9.18 Å². The molecule has 92 valence electrons. The zero-order valence-electron chi connectivity index (χ0n) is 9.23. The minimum atomic E-state index is -1.33. The highest BCUT2D eigenvalue weighted by Crippen LogP contribution is 2.27. The Morgan fingerprint density at radius 2 is 2.24 bits per heavy atom. The van der Waals surface area contributed by atoms with Crippen LogP contribution in [-0.4, -0.2) is 23.2 Å². The molecule has 0 amide bonds. The highest BCUT2D eigenvalue weighted by atomic mass is 19.1. The van der Waals surface area contributed by atoms with E-state index in [0.717, 1.165) is 25.3 Å². The third kappa shape index (κ3) is 2.39. The molecule has 0 aliphatic heterocycles. The SMILES string of the molecule is NC1CCCC1Oc1cccc(F)c1C(=O)O. The van der Waals surface area contributed by atoms with Crippen LogP contribution in [0.25, 0.3) is 0 Å². The van der Waals surface area contributed by atoms with Crippen molar-refractivity contribution in [2.45, 2.75) is 31.4 Å². The third-order valence-electron chi connectivity index (χ3n) is 2.97. The molecule has 1 aliphatic rings. The number of ether oxygens (including phenoxy) is 1. The highest BCUT2D eigenvalue weighted by molar-refractivity contribution is 5.91. The van der Waals surface area contributed by atoms with E-state index in [4.69, 9.17) is 15.6 Å². The maximum atomic E-state index is 13.4. The molecule has 0 radical (unpaired) electrons. The van der Waals surface area contributed by atoms with E-state index in [1.807, 2.05) is 0 Å². The van der Waals surface area contributed by atoms with Gasteiger partial charge < -0.3 is 15.6 Å². The standard InChI is InChI=1S/C12H14FNO3/c13-7-3-1-6-10(11(7)12(15)16)17-9-5-2-4-8(9)14/h1,3,6,8-9H,2,4-5,14H2,(H,15,16). The van der Waals surface area contributed by atoms with Crippen molar-refractivity contribution < 1.29 is 19.0 Å². The summed E-state index contributed by atoms with van der Waals surface area (Å²) in [7, 11) is 0. The maximum Gasteiger partial charge on any atom is 0.342 e. The second-order valence-corrected chi connectivity index (χ2v) is 4.17. The van der Waals surface area contributed by atoms with Gasteiger partial charge in [0.1, 0.15) is 23.2 Å². The predicted octanol–water partition coefficient (Wildman–Crippen LogP) is 1.78. The fraction of sp³-hybridized carbons (Fsp3) is 0.417. The Morgan fingerprint density at radius 1 is 1.47 bits per heavy atom. The lowest BCUT2D eigenvalue weighted by atomic mass is 10.1. The number of halogens is 1. The third-order valence-corrected chi connectivity index (χ3v) is 2.97. The number of rotatable bonds is 3. The smallest absolute Gasteiger partial charge is 0.342 e. The molecule has 1 aliphatic carbocycles. The predicted molar refractivity (Wildman–Crippen MR) is 59.6 cm³/mol. The lowest BCUT2D eigenvalue weighted by molar-refractivity contribution is 0.0682. The van der Waals surface area contributed by atoms with Crippen LogP contribution in [0, 0.1) is 5.82 Å². The minimum Gasteiger partial charge on any atom is -0.488 e. The van der Waals surface area contributed by atoms with Gasteiger partial charge in [-0.25, -0.2) is 9.18 Å². The van der Waals surface area contributed by atoms with Crippen LogP contribution in [0.4, 0.5) is 4.39 Å². The molecule has 0 heterocycles. The van der Waals surface area contributed by atoms with Crippen molar-refractivity contribution in [3.8, 4) is 5.75 Å². The number of hydrogen-bond donors (Lipinski definition) is 2. The first kappa shape index (κ1) is 11.9. The first-order valence-electron chi connectivity index (χ1n) is 5.53. The molecule has 1 aromatic rings. The molecule has 0 bridgehead atoms. The van der Waals surface area contributed by atoms with E-state index in [1.54, 1.807) is 0 Å². The average Bonchev–Trinajstić information content (AvgIpc) is 2.64. The number of carboxylic acid groups (broad SMARTS) is 1. The van der Waals surface area contributed by atoms with Crippen molar-refractivity contribution in [3.05, 3.63) is 29.6 Å². The summed E-state index contributed by atoms with van der Waals surface area (Å²) in [5, 5.41) is 8.94. The quantitative estimate of drug-likeness (QED) is 0.843. The number of carboxylic acids is 1. The molecule has 3 N–H and O–H groups in total. The molecule has 5 heteroatoms. The fourth-order valence-corrected chi connectivity index (χ4v) is 2.07. The Kier molecular flexibility index (Phi) is 3.28. The van der Waals surface area contributed by atoms with Crippen molar-refractivity contribution in [1.29, 1.82) is 0 Å². The second kappa shape index (κ2) is 4.71. The second-order valence-electron chi connectivity index (χ2n) is 4.17. The van der Waals surface area contributed by atoms with Crippen LogP contribution in [0.15, 0.2) is 18.2 Å². The van der Waals surface area contributed by atoms with Crippen molar-refractivity contribution in [1.82, 2.24) is 0 Å². The lowest BCUT2D eigenvalue weighted by Crippen LogP contribution is -2.34. The van der Waals surface area contributed by atoms with Crippen LogP contribution < -0.4 is 10.5 Å². The number of aromatic carboxylic acids is 1. The molecular formula is C12H14FNO3. The average molecular weight is 239 g/mol. The van der Waals surface area contributed by atoms with E-state index < -0.39 is 17.3 Å². The molecule has 2 atom stereocenters. The van der Waals surface area contributed by atoms with Gasteiger partial charge >= 0.3 is 5.97 Å². The normalized spacial score (nSPS) is 23.6. The molecule has 0 aromatic heterocycles. The molecule has 0 spiro atoms. The summed E-state index contributed by atoms with van der Waals surface area (Å²) >= 11 is 0. The Morgan fingerprint density at radius 3 is 2.82 bits per heavy atom. The van der Waals surface area contributed by atoms with Crippen molar-refractivity contribution in [2.24, 2.45) is 5.73 Å². The Labute approximate surface area is 98.2 Å². The molecular weight excluding hydrogens is 225 g/mol. The van der Waals surface area contributed by atoms with E-state index in [2.05, 4.69) is 0 Å². The van der Waals surface area contributed by atoms with Gasteiger partial charge in [0.2, 0.25) is 0 Å². The van der Waals surface area contributed by atoms with Gasteiger partial charge in [0, 0.05) is 6.04 Å². The summed E-state index contributed by atoms with van der Waals surface area (Å²) in [4.78, 5) is 10.9. The van der Waals surface area contributed by atoms with Gasteiger partial charge in [0.05, 0.1) is 0 Å². The fourth-order valence-electron chi connectivity index (χ4n) is 2.07. The van der Waals surface area contributed by atoms with Crippen LogP contribution in [0.5, 0.6) is 5.75 Å². The number of benzene rings is 1. The van der Waals surface area contributed by atoms with Gasteiger partial charge in [-0.05, 0) is 31.4 Å². The first-order chi connectivity index (χ1) is 8.09. The topological polar surface area (TPSA) is 72.5 Å². The summed E-state index contributed by atoms with van der Waals surface area (Å²) in [5.74, 6) is -2.06. The van der Waals surface area contributed by atoms with E-state index >= 15 is 0 Å². The van der Waals surface area contributed by atoms with Crippen molar-refractivity contribution >= 4 is 5.97 Å². The molecule has 0 saturated heterocycles. The van der Waals surface area contributed by atoms with Gasteiger partial charge in [-0.1, -0.05) is 6.07 Å². The lowest BCUT2D eigenvalue weighted by Gasteiger charge is -2.19.